The number of carbonyl (C=O) groups excluding carboxylic acids is 2. The molecule has 1 aromatic carbocycles. The van der Waals surface area contributed by atoms with Gasteiger partial charge in [0.25, 0.3) is 5.91 Å². The van der Waals surface area contributed by atoms with Gasteiger partial charge >= 0.3 is 6.10 Å². The van der Waals surface area contributed by atoms with Gasteiger partial charge in [0.2, 0.25) is 0 Å². The summed E-state index contributed by atoms with van der Waals surface area (Å²) in [5.74, 6) is -4.08. The lowest BCUT2D eigenvalue weighted by Crippen LogP contribution is -2.54. The first-order chi connectivity index (χ1) is 37.1. The largest absolute Gasteiger partial charge is 0.358 e. The van der Waals surface area contributed by atoms with E-state index in [1.807, 2.05) is 31.3 Å². The molecular weight excluding hydrogens is 999 g/mol. The van der Waals surface area contributed by atoms with Gasteiger partial charge in [-0.05, 0) is 98.9 Å². The molecule has 4 aliphatic heterocycles. The van der Waals surface area contributed by atoms with Crippen molar-refractivity contribution in [3.05, 3.63) is 153 Å². The van der Waals surface area contributed by atoms with Crippen LogP contribution in [-0.4, -0.2) is 113 Å². The Balaban J connectivity index is 0.000000148. The quantitative estimate of drug-likeness (QED) is 0.0684. The number of likely N-dealkylation sites (tertiary alicyclic amines) is 1. The van der Waals surface area contributed by atoms with Crippen LogP contribution in [0.4, 0.5) is 4.39 Å². The van der Waals surface area contributed by atoms with Crippen molar-refractivity contribution in [3.63, 3.8) is 0 Å². The maximum atomic E-state index is 15.4. The van der Waals surface area contributed by atoms with Crippen molar-refractivity contribution in [3.8, 4) is 34.4 Å². The van der Waals surface area contributed by atoms with Crippen LogP contribution in [-0.2, 0) is 15.9 Å². The molecule has 2 saturated carbocycles. The van der Waals surface area contributed by atoms with Crippen LogP contribution in [0.3, 0.4) is 0 Å². The number of amides is 1. The van der Waals surface area contributed by atoms with Gasteiger partial charge in [0.05, 0.1) is 69.5 Å². The number of nitriles is 2. The zero-order valence-corrected chi connectivity index (χ0v) is 41.9. The highest BCUT2D eigenvalue weighted by Gasteiger charge is 2.60. The molecule has 5 atom stereocenters. The highest BCUT2D eigenvalue weighted by molar-refractivity contribution is 6.15. The topological polar surface area (TPSA) is 328 Å². The van der Waals surface area contributed by atoms with Crippen molar-refractivity contribution in [1.82, 2.24) is 49.0 Å². The van der Waals surface area contributed by atoms with Gasteiger partial charge in [-0.15, -0.1) is 0 Å². The number of hydrogen-bond donors (Lipinski definition) is 7. The first-order valence-electron chi connectivity index (χ1n) is 25.4. The summed E-state index contributed by atoms with van der Waals surface area (Å²) in [4.78, 5) is 45.9. The van der Waals surface area contributed by atoms with Crippen molar-refractivity contribution >= 4 is 31.1 Å². The van der Waals surface area contributed by atoms with Crippen molar-refractivity contribution in [2.75, 3.05) is 7.05 Å². The number of nitrogens with zero attached hydrogens (tertiary/aromatic N) is 12. The summed E-state index contributed by atoms with van der Waals surface area (Å²) >= 11 is 0. The molecule has 3 fully saturated rings. The van der Waals surface area contributed by atoms with E-state index in [4.69, 9.17) is 24.4 Å². The summed E-state index contributed by atoms with van der Waals surface area (Å²) in [7, 11) is 7.09. The van der Waals surface area contributed by atoms with Gasteiger partial charge in [-0.25, -0.2) is 38.3 Å². The minimum absolute atomic E-state index is 0.0421. The molecule has 9 N–H and O–H groups in total. The van der Waals surface area contributed by atoms with Crippen molar-refractivity contribution in [1.29, 1.82) is 10.5 Å². The van der Waals surface area contributed by atoms with E-state index in [-0.39, 0.29) is 35.0 Å². The number of rotatable bonds is 7. The van der Waals surface area contributed by atoms with Crippen LogP contribution in [0.1, 0.15) is 131 Å². The molecule has 10 heterocycles. The van der Waals surface area contributed by atoms with E-state index in [1.54, 1.807) is 41.2 Å². The van der Waals surface area contributed by atoms with Gasteiger partial charge in [0, 0.05) is 92.8 Å². The molecule has 10 bridgehead atoms. The lowest BCUT2D eigenvalue weighted by molar-refractivity contribution is -0.396. The molecule has 390 valence electrons. The molecule has 21 nitrogen and oxygen atoms in total. The number of hydrogen-bond acceptors (Lipinski definition) is 18. The summed E-state index contributed by atoms with van der Waals surface area (Å²) in [5, 5.41) is 80.8. The van der Waals surface area contributed by atoms with E-state index < -0.39 is 58.1 Å². The molecule has 0 spiro atoms. The number of nitrogens with two attached hydrogens (primary N) is 2. The summed E-state index contributed by atoms with van der Waals surface area (Å²) < 4.78 is 18.5. The molecule has 2 radical (unpaired) electrons. The number of carbonyl (C=O) groups is 2. The molecule has 78 heavy (non-hydrogen) atoms. The van der Waals surface area contributed by atoms with E-state index in [2.05, 4.69) is 37.2 Å². The Kier molecular flexibility index (Phi) is 10.7. The number of pyridine rings is 2. The highest BCUT2D eigenvalue weighted by atomic mass is 19.1. The fourth-order valence-corrected chi connectivity index (χ4v) is 13.4. The van der Waals surface area contributed by atoms with Gasteiger partial charge < -0.3 is 37.0 Å². The standard InChI is InChI=1S/C28H26FN7O4.C27H22BN7O3/c1-35(28(38,39)40)22-9-19(23-15(10-30)4-2-5-16(23)14-37)24-21-8-18(20(29)13-36(21)34-25(22)24)17-11-32-26(33-12-17)27(31)6-3-7-27;1-25-8-16-20(17(25)9-29)15-5-19(35(23(16)36)27(28,37)38)22-21(15)18-4-12(2-3-34(18)33-22)13-10-31-24(32-11-13)26(30)6-14(25)7-26/h2,4-5,8,11-14,19,22,38-40H,3,6-7,9,31H2,1H3;2-4,8,10-11,14-15,19,37-38H,5-7,30H2,1H3. The third-order valence-corrected chi connectivity index (χ3v) is 17.7. The van der Waals surface area contributed by atoms with Crippen LogP contribution in [0.25, 0.3) is 33.3 Å². The number of aromatic nitrogens is 8. The average molecular weight is 1050 g/mol. The Morgan fingerprint density at radius 2 is 1.50 bits per heavy atom. The highest BCUT2D eigenvalue weighted by Crippen LogP contribution is 2.63. The second-order valence-corrected chi connectivity index (χ2v) is 22.0. The molecule has 23 heteroatoms. The Bertz CT molecular complexity index is 3920. The Morgan fingerprint density at radius 1 is 0.846 bits per heavy atom. The summed E-state index contributed by atoms with van der Waals surface area (Å²) in [6.07, 6.45) is 13.1. The summed E-state index contributed by atoms with van der Waals surface area (Å²) in [5.41, 5.74) is 19.4. The molecular formula is C55H48BFN14O7. The number of halogens is 1. The molecule has 5 aliphatic carbocycles. The van der Waals surface area contributed by atoms with Gasteiger partial charge in [0.15, 0.2) is 13.7 Å². The molecule has 1 saturated heterocycles. The predicted molar refractivity (Wildman–Crippen MR) is 272 cm³/mol. The third kappa shape index (κ3) is 7.06. The average Bonchev–Trinajstić information content (AvgIpc) is 3.41. The van der Waals surface area contributed by atoms with E-state index in [9.17, 15) is 45.6 Å². The number of aliphatic hydroxyl groups is 5. The van der Waals surface area contributed by atoms with E-state index in [0.717, 1.165) is 51.3 Å². The van der Waals surface area contributed by atoms with E-state index in [0.29, 0.717) is 87.5 Å². The van der Waals surface area contributed by atoms with Crippen LogP contribution in [0.5, 0.6) is 0 Å². The third-order valence-electron chi connectivity index (χ3n) is 17.7. The predicted octanol–water partition coefficient (Wildman–Crippen LogP) is 3.32. The zero-order valence-electron chi connectivity index (χ0n) is 41.9. The normalized spacial score (nSPS) is 26.0. The second kappa shape index (κ2) is 16.8. The van der Waals surface area contributed by atoms with Gasteiger partial charge in [0.1, 0.15) is 23.8 Å². The van der Waals surface area contributed by atoms with Gasteiger partial charge in [-0.1, -0.05) is 25.1 Å². The fraction of sp³-hybridized carbons (Fsp3) is 0.345. The smallest absolute Gasteiger partial charge is 0.346 e. The zero-order chi connectivity index (χ0) is 54.7. The second-order valence-electron chi connectivity index (χ2n) is 22.0. The maximum Gasteiger partial charge on any atom is 0.346 e. The molecule has 6 aromatic heterocycles. The van der Waals surface area contributed by atoms with Crippen LogP contribution < -0.4 is 11.5 Å². The SMILES string of the molecule is CN(C1CC(c2c(C#N)cccc2C=O)c2c1nn1cc(F)c(-c3cnc(C4(N)CCC4)nc3)cc21)C(O)(O)O.[B]C(O)(O)N1C(=O)C2=CC3(C)C(C#N)=C2C2CC1c1nn4ccc(cc4c12)-c1cnc(nc1)C1(N)CC3C1. The number of benzene rings is 1. The van der Waals surface area contributed by atoms with Crippen LogP contribution in [0.15, 0.2) is 96.4 Å². The van der Waals surface area contributed by atoms with Crippen molar-refractivity contribution in [2.45, 2.75) is 98.8 Å². The fourth-order valence-electron chi connectivity index (χ4n) is 13.4. The van der Waals surface area contributed by atoms with Crippen LogP contribution in [0.2, 0.25) is 0 Å². The van der Waals surface area contributed by atoms with Crippen molar-refractivity contribution < 1.29 is 39.5 Å². The molecule has 1 amide bonds. The minimum atomic E-state index is -3.18. The van der Waals surface area contributed by atoms with E-state index >= 15 is 4.39 Å². The van der Waals surface area contributed by atoms with Gasteiger partial charge in [-0.2, -0.15) is 20.7 Å². The minimum Gasteiger partial charge on any atom is -0.358 e. The first-order valence-corrected chi connectivity index (χ1v) is 25.4. The Morgan fingerprint density at radius 3 is 2.13 bits per heavy atom. The van der Waals surface area contributed by atoms with Crippen LogP contribution in [0, 0.1) is 39.8 Å². The Labute approximate surface area is 444 Å². The molecule has 5 unspecified atom stereocenters. The lowest BCUT2D eigenvalue weighted by Gasteiger charge is -2.50. The number of fused-ring (bicyclic) bond motifs is 6. The van der Waals surface area contributed by atoms with Gasteiger partial charge in [-0.3, -0.25) is 14.5 Å². The number of allylic oxidation sites excluding steroid dienone is 2. The van der Waals surface area contributed by atoms with Crippen LogP contribution >= 0.6 is 0 Å². The summed E-state index contributed by atoms with van der Waals surface area (Å²) in [6.45, 7) is 1.96. The monoisotopic (exact) mass is 1050 g/mol. The molecule has 9 aliphatic rings. The Hall–Kier alpha value is -7.97. The summed E-state index contributed by atoms with van der Waals surface area (Å²) in [6, 6.07) is 13.2. The first kappa shape index (κ1) is 49.6. The lowest BCUT2D eigenvalue weighted by atomic mass is 9.56. The molecule has 7 aromatic rings. The van der Waals surface area contributed by atoms with Crippen molar-refractivity contribution in [2.24, 2.45) is 22.8 Å². The maximum absolute atomic E-state index is 15.4. The molecule has 16 rings (SSSR count). The van der Waals surface area contributed by atoms with E-state index in [1.165, 1.54) is 30.2 Å². The number of aldehydes is 1.